The number of hydrogen-bond donors (Lipinski definition) is 1. The Hall–Kier alpha value is -2.67. The van der Waals surface area contributed by atoms with Gasteiger partial charge in [-0.25, -0.2) is 9.48 Å². The zero-order chi connectivity index (χ0) is 18.7. The molecule has 0 unspecified atom stereocenters. The molecular formula is C19H23N3O4. The Morgan fingerprint density at radius 1 is 1.31 bits per heavy atom. The topological polar surface area (TPSA) is 84.7 Å². The Morgan fingerprint density at radius 3 is 2.65 bits per heavy atom. The molecule has 0 aliphatic carbocycles. The van der Waals surface area contributed by atoms with E-state index in [0.29, 0.717) is 24.4 Å². The maximum absolute atomic E-state index is 12.7. The van der Waals surface area contributed by atoms with Gasteiger partial charge in [-0.2, -0.15) is 5.10 Å². The molecule has 1 aromatic heterocycles. The van der Waals surface area contributed by atoms with Gasteiger partial charge in [0.1, 0.15) is 5.56 Å². The quantitative estimate of drug-likeness (QED) is 0.889. The first-order valence-corrected chi connectivity index (χ1v) is 8.80. The first kappa shape index (κ1) is 18.1. The molecule has 7 heteroatoms. The molecule has 1 aliphatic rings. The number of carboxylic acids is 1. The number of rotatable bonds is 5. The van der Waals surface area contributed by atoms with E-state index in [1.54, 1.807) is 35.9 Å². The van der Waals surface area contributed by atoms with Gasteiger partial charge in [0.2, 0.25) is 0 Å². The number of carbonyl (C=O) groups excluding carboxylic acids is 1. The van der Waals surface area contributed by atoms with E-state index in [2.05, 4.69) is 5.10 Å². The number of benzene rings is 1. The normalized spacial score (nSPS) is 17.3. The predicted molar refractivity (Wildman–Crippen MR) is 95.8 cm³/mol. The van der Waals surface area contributed by atoms with Gasteiger partial charge in [-0.1, -0.05) is 0 Å². The van der Waals surface area contributed by atoms with Crippen LogP contribution in [0.4, 0.5) is 0 Å². The van der Waals surface area contributed by atoms with E-state index >= 15 is 0 Å². The van der Waals surface area contributed by atoms with Crippen LogP contribution in [-0.2, 0) is 4.74 Å². The third kappa shape index (κ3) is 3.62. The van der Waals surface area contributed by atoms with Crippen molar-refractivity contribution in [2.24, 2.45) is 0 Å². The van der Waals surface area contributed by atoms with Crippen molar-refractivity contribution in [3.8, 4) is 5.69 Å². The Kier molecular flexibility index (Phi) is 5.37. The Bertz CT molecular complexity index is 796. The highest BCUT2D eigenvalue weighted by Gasteiger charge is 2.24. The minimum atomic E-state index is -1.01. The predicted octanol–water partition coefficient (Wildman–Crippen LogP) is 2.52. The molecule has 1 aliphatic heterocycles. The number of aromatic carboxylic acids is 1. The van der Waals surface area contributed by atoms with Crippen LogP contribution in [0.3, 0.4) is 0 Å². The maximum atomic E-state index is 12.7. The SMILES string of the molecule is CCO[C@H]1CCCN(C(=O)c2ccc(-n3ncc(C(=O)O)c3C)cc2)C1. The Morgan fingerprint density at radius 2 is 2.04 bits per heavy atom. The van der Waals surface area contributed by atoms with Crippen LogP contribution in [0.1, 0.15) is 46.2 Å². The third-order valence-electron chi connectivity index (χ3n) is 4.67. The van der Waals surface area contributed by atoms with E-state index in [1.165, 1.54) is 6.20 Å². The highest BCUT2D eigenvalue weighted by molar-refractivity contribution is 5.94. The lowest BCUT2D eigenvalue weighted by molar-refractivity contribution is 0.00724. The van der Waals surface area contributed by atoms with Crippen LogP contribution in [0.2, 0.25) is 0 Å². The highest BCUT2D eigenvalue weighted by atomic mass is 16.5. The summed E-state index contributed by atoms with van der Waals surface area (Å²) in [6.45, 7) is 5.69. The zero-order valence-electron chi connectivity index (χ0n) is 15.0. The van der Waals surface area contributed by atoms with Gasteiger partial charge < -0.3 is 14.7 Å². The average Bonchev–Trinajstić information content (AvgIpc) is 3.03. The number of nitrogens with zero attached hydrogens (tertiary/aromatic N) is 3. The summed E-state index contributed by atoms with van der Waals surface area (Å²) in [6, 6.07) is 7.07. The summed E-state index contributed by atoms with van der Waals surface area (Å²) in [4.78, 5) is 25.7. The van der Waals surface area contributed by atoms with Gasteiger partial charge in [0.25, 0.3) is 5.91 Å². The fourth-order valence-electron chi connectivity index (χ4n) is 3.30. The van der Waals surface area contributed by atoms with E-state index < -0.39 is 5.97 Å². The fourth-order valence-corrected chi connectivity index (χ4v) is 3.30. The van der Waals surface area contributed by atoms with Gasteiger partial charge in [0.05, 0.1) is 23.7 Å². The molecule has 138 valence electrons. The summed E-state index contributed by atoms with van der Waals surface area (Å²) < 4.78 is 7.22. The van der Waals surface area contributed by atoms with Crippen molar-refractivity contribution in [1.29, 1.82) is 0 Å². The lowest BCUT2D eigenvalue weighted by Crippen LogP contribution is -2.43. The van der Waals surface area contributed by atoms with E-state index in [1.807, 2.05) is 11.8 Å². The van der Waals surface area contributed by atoms with E-state index in [-0.39, 0.29) is 17.6 Å². The van der Waals surface area contributed by atoms with Crippen molar-refractivity contribution in [1.82, 2.24) is 14.7 Å². The highest BCUT2D eigenvalue weighted by Crippen LogP contribution is 2.19. The second-order valence-electron chi connectivity index (χ2n) is 6.38. The van der Waals surface area contributed by atoms with Crippen LogP contribution in [0, 0.1) is 6.92 Å². The summed E-state index contributed by atoms with van der Waals surface area (Å²) in [5.41, 5.74) is 2.04. The fraction of sp³-hybridized carbons (Fsp3) is 0.421. The number of likely N-dealkylation sites (tertiary alicyclic amines) is 1. The van der Waals surface area contributed by atoms with Gasteiger partial charge >= 0.3 is 5.97 Å². The first-order chi connectivity index (χ1) is 12.5. The molecule has 1 saturated heterocycles. The van der Waals surface area contributed by atoms with Crippen molar-refractivity contribution in [3.63, 3.8) is 0 Å². The Balaban J connectivity index is 1.75. The molecule has 26 heavy (non-hydrogen) atoms. The largest absolute Gasteiger partial charge is 0.478 e. The molecule has 1 N–H and O–H groups in total. The lowest BCUT2D eigenvalue weighted by atomic mass is 10.1. The molecule has 1 aromatic carbocycles. The molecule has 0 bridgehead atoms. The van der Waals surface area contributed by atoms with Crippen molar-refractivity contribution in [2.75, 3.05) is 19.7 Å². The Labute approximate surface area is 152 Å². The second kappa shape index (κ2) is 7.70. The van der Waals surface area contributed by atoms with Crippen molar-refractivity contribution < 1.29 is 19.4 Å². The minimum absolute atomic E-state index is 0.00985. The van der Waals surface area contributed by atoms with Gasteiger partial charge in [-0.15, -0.1) is 0 Å². The molecule has 0 radical (unpaired) electrons. The maximum Gasteiger partial charge on any atom is 0.339 e. The van der Waals surface area contributed by atoms with Crippen LogP contribution < -0.4 is 0 Å². The number of amides is 1. The number of carboxylic acid groups (broad SMARTS) is 1. The molecule has 1 amide bonds. The van der Waals surface area contributed by atoms with Crippen LogP contribution in [-0.4, -0.2) is 57.5 Å². The van der Waals surface area contributed by atoms with E-state index in [0.717, 1.165) is 25.1 Å². The smallest absolute Gasteiger partial charge is 0.339 e. The van der Waals surface area contributed by atoms with Crippen molar-refractivity contribution >= 4 is 11.9 Å². The summed E-state index contributed by atoms with van der Waals surface area (Å²) in [5.74, 6) is -1.01. The molecule has 3 rings (SSSR count). The summed E-state index contributed by atoms with van der Waals surface area (Å²) in [7, 11) is 0. The van der Waals surface area contributed by atoms with Crippen molar-refractivity contribution in [3.05, 3.63) is 47.3 Å². The number of hydrogen-bond acceptors (Lipinski definition) is 4. The minimum Gasteiger partial charge on any atom is -0.478 e. The summed E-state index contributed by atoms with van der Waals surface area (Å²) >= 11 is 0. The second-order valence-corrected chi connectivity index (χ2v) is 6.38. The van der Waals surface area contributed by atoms with Crippen LogP contribution in [0.25, 0.3) is 5.69 Å². The molecule has 2 heterocycles. The van der Waals surface area contributed by atoms with Gasteiger partial charge in [-0.3, -0.25) is 4.79 Å². The summed E-state index contributed by atoms with van der Waals surface area (Å²) in [5, 5.41) is 13.3. The monoisotopic (exact) mass is 357 g/mol. The molecule has 2 aromatic rings. The van der Waals surface area contributed by atoms with Gasteiger partial charge in [-0.05, 0) is 51.0 Å². The third-order valence-corrected chi connectivity index (χ3v) is 4.67. The van der Waals surface area contributed by atoms with Crippen LogP contribution in [0.5, 0.6) is 0 Å². The molecule has 1 fully saturated rings. The van der Waals surface area contributed by atoms with Crippen LogP contribution >= 0.6 is 0 Å². The van der Waals surface area contributed by atoms with Crippen molar-refractivity contribution in [2.45, 2.75) is 32.8 Å². The van der Waals surface area contributed by atoms with Crippen LogP contribution in [0.15, 0.2) is 30.5 Å². The standard InChI is InChI=1S/C19H23N3O4/c1-3-26-16-5-4-10-21(12-16)18(23)14-6-8-15(9-7-14)22-13(2)17(11-20-22)19(24)25/h6-9,11,16H,3-5,10,12H2,1-2H3,(H,24,25)/t16-/m0/s1. The number of ether oxygens (including phenoxy) is 1. The number of piperidine rings is 1. The lowest BCUT2D eigenvalue weighted by Gasteiger charge is -2.32. The summed E-state index contributed by atoms with van der Waals surface area (Å²) in [6.07, 6.45) is 3.37. The molecule has 0 saturated carbocycles. The molecule has 7 nitrogen and oxygen atoms in total. The number of carbonyl (C=O) groups is 2. The van der Waals surface area contributed by atoms with E-state index in [4.69, 9.17) is 9.84 Å². The van der Waals surface area contributed by atoms with Gasteiger partial charge in [0.15, 0.2) is 0 Å². The first-order valence-electron chi connectivity index (χ1n) is 8.80. The number of aromatic nitrogens is 2. The molecular weight excluding hydrogens is 334 g/mol. The molecule has 1 atom stereocenters. The van der Waals surface area contributed by atoms with E-state index in [9.17, 15) is 9.59 Å². The average molecular weight is 357 g/mol. The zero-order valence-corrected chi connectivity index (χ0v) is 15.0. The molecule has 0 spiro atoms. The van der Waals surface area contributed by atoms with Gasteiger partial charge in [0, 0.05) is 25.3 Å².